The second kappa shape index (κ2) is 6.35. The SMILES string of the molecule is Clc1ccc(Cc2ccc([C@@H]3CNCCO3)nc2)cc1. The Kier molecular flexibility index (Phi) is 4.31. The fourth-order valence-electron chi connectivity index (χ4n) is 2.32. The minimum atomic E-state index is 0.0772. The van der Waals surface area contributed by atoms with Gasteiger partial charge < -0.3 is 10.1 Å². The van der Waals surface area contributed by atoms with Crippen LogP contribution >= 0.6 is 11.6 Å². The quantitative estimate of drug-likeness (QED) is 0.943. The van der Waals surface area contributed by atoms with Gasteiger partial charge in [-0.15, -0.1) is 0 Å². The highest BCUT2D eigenvalue weighted by atomic mass is 35.5. The Morgan fingerprint density at radius 1 is 1.15 bits per heavy atom. The number of halogens is 1. The van der Waals surface area contributed by atoms with E-state index in [1.165, 1.54) is 11.1 Å². The van der Waals surface area contributed by atoms with Crippen molar-refractivity contribution >= 4 is 11.6 Å². The van der Waals surface area contributed by atoms with Gasteiger partial charge in [0.05, 0.1) is 12.3 Å². The molecule has 0 amide bonds. The Bertz CT molecular complexity index is 548. The summed E-state index contributed by atoms with van der Waals surface area (Å²) < 4.78 is 5.70. The summed E-state index contributed by atoms with van der Waals surface area (Å²) in [6, 6.07) is 12.1. The number of rotatable bonds is 3. The first-order valence-electron chi connectivity index (χ1n) is 6.83. The molecule has 1 atom stereocenters. The summed E-state index contributed by atoms with van der Waals surface area (Å²) >= 11 is 5.89. The topological polar surface area (TPSA) is 34.1 Å². The third-order valence-electron chi connectivity index (χ3n) is 3.43. The van der Waals surface area contributed by atoms with E-state index in [0.717, 1.165) is 36.8 Å². The van der Waals surface area contributed by atoms with Crippen LogP contribution in [0.15, 0.2) is 42.6 Å². The van der Waals surface area contributed by atoms with E-state index in [-0.39, 0.29) is 6.10 Å². The molecule has 2 aromatic rings. The van der Waals surface area contributed by atoms with E-state index in [2.05, 4.69) is 22.4 Å². The van der Waals surface area contributed by atoms with Gasteiger partial charge in [-0.05, 0) is 35.7 Å². The summed E-state index contributed by atoms with van der Waals surface area (Å²) in [5.41, 5.74) is 3.43. The van der Waals surface area contributed by atoms with Crippen molar-refractivity contribution < 1.29 is 4.74 Å². The molecule has 3 rings (SSSR count). The van der Waals surface area contributed by atoms with Crippen LogP contribution in [-0.4, -0.2) is 24.7 Å². The average Bonchev–Trinajstić information content (AvgIpc) is 2.51. The first kappa shape index (κ1) is 13.6. The molecule has 4 heteroatoms. The lowest BCUT2D eigenvalue weighted by Gasteiger charge is -2.23. The number of benzene rings is 1. The lowest BCUT2D eigenvalue weighted by Crippen LogP contribution is -2.33. The van der Waals surface area contributed by atoms with Crippen LogP contribution < -0.4 is 5.32 Å². The zero-order valence-corrected chi connectivity index (χ0v) is 11.9. The molecule has 1 saturated heterocycles. The molecule has 1 aromatic heterocycles. The van der Waals surface area contributed by atoms with Gasteiger partial charge in [-0.2, -0.15) is 0 Å². The first-order valence-corrected chi connectivity index (χ1v) is 7.20. The lowest BCUT2D eigenvalue weighted by molar-refractivity contribution is 0.0250. The van der Waals surface area contributed by atoms with Crippen molar-refractivity contribution in [2.45, 2.75) is 12.5 Å². The monoisotopic (exact) mass is 288 g/mol. The average molecular weight is 289 g/mol. The Labute approximate surface area is 123 Å². The number of hydrogen-bond acceptors (Lipinski definition) is 3. The summed E-state index contributed by atoms with van der Waals surface area (Å²) in [7, 11) is 0. The van der Waals surface area contributed by atoms with Crippen LogP contribution in [0.1, 0.15) is 22.9 Å². The Morgan fingerprint density at radius 2 is 1.95 bits per heavy atom. The maximum Gasteiger partial charge on any atom is 0.112 e. The summed E-state index contributed by atoms with van der Waals surface area (Å²) in [5.74, 6) is 0. The molecule has 0 unspecified atom stereocenters. The van der Waals surface area contributed by atoms with Gasteiger partial charge in [-0.3, -0.25) is 4.98 Å². The number of morpholine rings is 1. The summed E-state index contributed by atoms with van der Waals surface area (Å²) in [4.78, 5) is 4.53. The van der Waals surface area contributed by atoms with Crippen molar-refractivity contribution in [3.8, 4) is 0 Å². The minimum absolute atomic E-state index is 0.0772. The van der Waals surface area contributed by atoms with Crippen molar-refractivity contribution in [3.05, 3.63) is 64.4 Å². The van der Waals surface area contributed by atoms with Gasteiger partial charge in [0.25, 0.3) is 0 Å². The summed E-state index contributed by atoms with van der Waals surface area (Å²) in [6.07, 6.45) is 2.88. The molecule has 1 aromatic carbocycles. The Hall–Kier alpha value is -1.42. The molecule has 0 radical (unpaired) electrons. The molecule has 3 nitrogen and oxygen atoms in total. The number of nitrogens with zero attached hydrogens (tertiary/aromatic N) is 1. The van der Waals surface area contributed by atoms with Gasteiger partial charge in [0.1, 0.15) is 6.10 Å². The standard InChI is InChI=1S/C16H17ClN2O/c17-14-4-1-12(2-5-14)9-13-3-6-15(19-10-13)16-11-18-7-8-20-16/h1-6,10,16,18H,7-9,11H2/t16-/m0/s1. The Morgan fingerprint density at radius 3 is 2.60 bits per heavy atom. The second-order valence-corrected chi connectivity index (χ2v) is 5.39. The maximum absolute atomic E-state index is 5.89. The van der Waals surface area contributed by atoms with Gasteiger partial charge in [0, 0.05) is 24.3 Å². The van der Waals surface area contributed by atoms with Crippen LogP contribution in [0.5, 0.6) is 0 Å². The molecule has 104 valence electrons. The number of ether oxygens (including phenoxy) is 1. The fourth-order valence-corrected chi connectivity index (χ4v) is 2.45. The zero-order valence-electron chi connectivity index (χ0n) is 11.2. The van der Waals surface area contributed by atoms with Crippen LogP contribution in [0.2, 0.25) is 5.02 Å². The van der Waals surface area contributed by atoms with E-state index in [9.17, 15) is 0 Å². The molecule has 20 heavy (non-hydrogen) atoms. The van der Waals surface area contributed by atoms with Gasteiger partial charge in [0.15, 0.2) is 0 Å². The predicted molar refractivity (Wildman–Crippen MR) is 80.1 cm³/mol. The van der Waals surface area contributed by atoms with E-state index >= 15 is 0 Å². The molecule has 0 bridgehead atoms. The third-order valence-corrected chi connectivity index (χ3v) is 3.68. The van der Waals surface area contributed by atoms with Crippen LogP contribution in [0.3, 0.4) is 0 Å². The van der Waals surface area contributed by atoms with E-state index in [1.807, 2.05) is 30.5 Å². The van der Waals surface area contributed by atoms with Gasteiger partial charge >= 0.3 is 0 Å². The van der Waals surface area contributed by atoms with Crippen molar-refractivity contribution in [3.63, 3.8) is 0 Å². The third kappa shape index (κ3) is 3.37. The van der Waals surface area contributed by atoms with E-state index in [4.69, 9.17) is 16.3 Å². The lowest BCUT2D eigenvalue weighted by atomic mass is 10.1. The number of nitrogens with one attached hydrogen (secondary N) is 1. The molecular weight excluding hydrogens is 272 g/mol. The Balaban J connectivity index is 1.67. The zero-order chi connectivity index (χ0) is 13.8. The van der Waals surface area contributed by atoms with Crippen molar-refractivity contribution in [2.24, 2.45) is 0 Å². The van der Waals surface area contributed by atoms with Crippen molar-refractivity contribution in [1.29, 1.82) is 0 Å². The molecule has 0 saturated carbocycles. The highest BCUT2D eigenvalue weighted by Crippen LogP contribution is 2.18. The molecule has 0 spiro atoms. The maximum atomic E-state index is 5.89. The smallest absolute Gasteiger partial charge is 0.112 e. The molecule has 1 N–H and O–H groups in total. The van der Waals surface area contributed by atoms with Crippen LogP contribution in [0.4, 0.5) is 0 Å². The number of hydrogen-bond donors (Lipinski definition) is 1. The molecule has 1 aliphatic heterocycles. The predicted octanol–water partition coefficient (Wildman–Crippen LogP) is 2.99. The van der Waals surface area contributed by atoms with Gasteiger partial charge in [-0.25, -0.2) is 0 Å². The normalized spacial score (nSPS) is 18.9. The highest BCUT2D eigenvalue weighted by Gasteiger charge is 2.16. The van der Waals surface area contributed by atoms with Crippen LogP contribution in [0, 0.1) is 0 Å². The highest BCUT2D eigenvalue weighted by molar-refractivity contribution is 6.30. The van der Waals surface area contributed by atoms with Gasteiger partial charge in [0.2, 0.25) is 0 Å². The minimum Gasteiger partial charge on any atom is -0.369 e. The van der Waals surface area contributed by atoms with Gasteiger partial charge in [-0.1, -0.05) is 29.8 Å². The largest absolute Gasteiger partial charge is 0.369 e. The summed E-state index contributed by atoms with van der Waals surface area (Å²) in [5, 5.41) is 4.08. The van der Waals surface area contributed by atoms with Crippen molar-refractivity contribution in [2.75, 3.05) is 19.7 Å². The first-order chi connectivity index (χ1) is 9.81. The number of aromatic nitrogens is 1. The summed E-state index contributed by atoms with van der Waals surface area (Å²) in [6.45, 7) is 2.51. The molecule has 1 aliphatic rings. The number of pyridine rings is 1. The van der Waals surface area contributed by atoms with Crippen LogP contribution in [-0.2, 0) is 11.2 Å². The molecular formula is C16H17ClN2O. The van der Waals surface area contributed by atoms with E-state index < -0.39 is 0 Å². The van der Waals surface area contributed by atoms with E-state index in [1.54, 1.807) is 0 Å². The second-order valence-electron chi connectivity index (χ2n) is 4.96. The fraction of sp³-hybridized carbons (Fsp3) is 0.312. The van der Waals surface area contributed by atoms with Crippen LogP contribution in [0.25, 0.3) is 0 Å². The molecule has 1 fully saturated rings. The van der Waals surface area contributed by atoms with Crippen molar-refractivity contribution in [1.82, 2.24) is 10.3 Å². The molecule has 2 heterocycles. The van der Waals surface area contributed by atoms with E-state index in [0.29, 0.717) is 0 Å². The molecule has 0 aliphatic carbocycles.